The minimum Gasteiger partial charge on any atom is -0.308 e. The minimum atomic E-state index is 0.963. The van der Waals surface area contributed by atoms with Crippen molar-refractivity contribution in [3.8, 4) is 0 Å². The molecule has 0 aliphatic heterocycles. The molecular weight excluding hydrogens is 755 g/mol. The highest BCUT2D eigenvalue weighted by Gasteiger charge is 2.29. The van der Waals surface area contributed by atoms with Gasteiger partial charge in [0.15, 0.2) is 0 Å². The maximum atomic E-state index is 5.59. The van der Waals surface area contributed by atoms with Gasteiger partial charge in [0.05, 0.1) is 45.2 Å². The van der Waals surface area contributed by atoms with Crippen LogP contribution < -0.4 is 9.80 Å². The Morgan fingerprint density at radius 3 is 1.35 bits per heavy atom. The van der Waals surface area contributed by atoms with Crippen LogP contribution in [0.3, 0.4) is 0 Å². The van der Waals surface area contributed by atoms with Crippen molar-refractivity contribution in [3.63, 3.8) is 0 Å². The fourth-order valence-electron chi connectivity index (χ4n) is 10.7. The number of hydrogen-bond acceptors (Lipinski definition) is 3. The monoisotopic (exact) mass is 789 g/mol. The summed E-state index contributed by atoms with van der Waals surface area (Å²) in [4.78, 5) is 10.4. The van der Waals surface area contributed by atoms with Gasteiger partial charge in [-0.2, -0.15) is 0 Å². The molecule has 5 aromatic heterocycles. The van der Waals surface area contributed by atoms with Crippen LogP contribution in [0.15, 0.2) is 212 Å². The first-order valence-electron chi connectivity index (χ1n) is 21.2. The number of nitrogens with zero attached hydrogens (tertiary/aromatic N) is 5. The molecular formula is C57H35N5. The van der Waals surface area contributed by atoms with Gasteiger partial charge in [0.1, 0.15) is 5.65 Å². The Balaban J connectivity index is 1.16. The number of fused-ring (bicyclic) bond motifs is 15. The highest BCUT2D eigenvalue weighted by molar-refractivity contribution is 6.38. The van der Waals surface area contributed by atoms with Crippen molar-refractivity contribution >= 4 is 121 Å². The molecule has 0 unspecified atom stereocenters. The minimum absolute atomic E-state index is 0.963. The van der Waals surface area contributed by atoms with E-state index < -0.39 is 0 Å². The Bertz CT molecular complexity index is 3950. The standard InChI is InChI=1S/C57H35N5/c1-5-19-37(20-6-1)59(38-21-7-2-8-22-38)47-32-16-29-43-42-28-15-30-45-51-49(61(53(42)45)54(43)47)35-58-57-52(51)46-34-36-18-13-14-27-41(36)50-44-31-17-33-48(55(44)62(57)56(46)50)60(39-23-9-3-10-24-39)40-25-11-4-12-26-40/h1-35H. The van der Waals surface area contributed by atoms with Gasteiger partial charge in [-0.15, -0.1) is 0 Å². The van der Waals surface area contributed by atoms with Crippen LogP contribution in [-0.2, 0) is 0 Å². The summed E-state index contributed by atoms with van der Waals surface area (Å²) in [6.45, 7) is 0. The molecule has 0 saturated heterocycles. The van der Waals surface area contributed by atoms with Gasteiger partial charge in [-0.3, -0.25) is 4.40 Å². The van der Waals surface area contributed by atoms with Gasteiger partial charge in [0.2, 0.25) is 0 Å². The summed E-state index contributed by atoms with van der Waals surface area (Å²) in [7, 11) is 0. The summed E-state index contributed by atoms with van der Waals surface area (Å²) in [6, 6.07) is 74.5. The van der Waals surface area contributed by atoms with E-state index in [9.17, 15) is 0 Å². The summed E-state index contributed by atoms with van der Waals surface area (Å²) in [5, 5.41) is 12.3. The van der Waals surface area contributed by atoms with Crippen LogP contribution in [0.25, 0.3) is 87.1 Å². The number of pyridine rings is 1. The van der Waals surface area contributed by atoms with Crippen molar-refractivity contribution in [2.45, 2.75) is 0 Å². The summed E-state index contributed by atoms with van der Waals surface area (Å²) in [5.74, 6) is 0. The first-order chi connectivity index (χ1) is 30.8. The number of rotatable bonds is 6. The molecule has 0 aliphatic carbocycles. The smallest absolute Gasteiger partial charge is 0.146 e. The Labute approximate surface area is 355 Å². The van der Waals surface area contributed by atoms with Gasteiger partial charge >= 0.3 is 0 Å². The molecule has 0 saturated carbocycles. The zero-order chi connectivity index (χ0) is 40.5. The second-order valence-corrected chi connectivity index (χ2v) is 16.3. The summed E-state index contributed by atoms with van der Waals surface area (Å²) >= 11 is 0. The van der Waals surface area contributed by atoms with Crippen LogP contribution in [0.1, 0.15) is 0 Å². The number of benzene rings is 9. The summed E-state index contributed by atoms with van der Waals surface area (Å²) < 4.78 is 4.97. The van der Waals surface area contributed by atoms with Crippen molar-refractivity contribution in [3.05, 3.63) is 212 Å². The van der Waals surface area contributed by atoms with E-state index >= 15 is 0 Å². The molecule has 288 valence electrons. The topological polar surface area (TPSA) is 28.2 Å². The second-order valence-electron chi connectivity index (χ2n) is 16.3. The Hall–Kier alpha value is -8.41. The van der Waals surface area contributed by atoms with Gasteiger partial charge in [0, 0.05) is 65.8 Å². The van der Waals surface area contributed by atoms with E-state index in [1.54, 1.807) is 0 Å². The third kappa shape index (κ3) is 4.38. The van der Waals surface area contributed by atoms with E-state index in [0.717, 1.165) is 50.8 Å². The van der Waals surface area contributed by atoms with Crippen LogP contribution in [-0.4, -0.2) is 13.8 Å². The van der Waals surface area contributed by atoms with E-state index in [0.29, 0.717) is 0 Å². The third-order valence-electron chi connectivity index (χ3n) is 13.1. The zero-order valence-corrected chi connectivity index (χ0v) is 33.4. The Morgan fingerprint density at radius 2 is 0.774 bits per heavy atom. The predicted octanol–water partition coefficient (Wildman–Crippen LogP) is 15.5. The lowest BCUT2D eigenvalue weighted by Crippen LogP contribution is -2.10. The lowest BCUT2D eigenvalue weighted by molar-refractivity contribution is 1.23. The average molecular weight is 790 g/mol. The summed E-state index contributed by atoms with van der Waals surface area (Å²) in [5.41, 5.74) is 13.4. The molecule has 0 radical (unpaired) electrons. The maximum absolute atomic E-state index is 5.59. The van der Waals surface area contributed by atoms with E-state index in [-0.39, 0.29) is 0 Å². The van der Waals surface area contributed by atoms with Crippen molar-refractivity contribution in [1.82, 2.24) is 13.8 Å². The largest absolute Gasteiger partial charge is 0.308 e. The molecule has 14 rings (SSSR count). The van der Waals surface area contributed by atoms with Crippen LogP contribution >= 0.6 is 0 Å². The van der Waals surface area contributed by atoms with E-state index in [1.807, 2.05) is 0 Å². The molecule has 5 heterocycles. The van der Waals surface area contributed by atoms with E-state index in [1.165, 1.54) is 70.4 Å². The van der Waals surface area contributed by atoms with Gasteiger partial charge in [-0.1, -0.05) is 140 Å². The van der Waals surface area contributed by atoms with E-state index in [4.69, 9.17) is 4.98 Å². The lowest BCUT2D eigenvalue weighted by atomic mass is 9.98. The quantitative estimate of drug-likeness (QED) is 0.168. The SMILES string of the molecule is c1ccc(N(c2ccccc2)c2cccc3c4cccc5c6c7c8cc9ccccc9c9c%10cccc(N(c%11ccccc%11)c%11ccccc%11)c%10n(c7ncc6n(c23)c45)c89)cc1. The molecule has 9 aromatic carbocycles. The molecule has 0 N–H and O–H groups in total. The predicted molar refractivity (Wildman–Crippen MR) is 260 cm³/mol. The average Bonchev–Trinajstić information content (AvgIpc) is 4.07. The molecule has 0 bridgehead atoms. The van der Waals surface area contributed by atoms with Crippen molar-refractivity contribution in [2.75, 3.05) is 9.80 Å². The maximum Gasteiger partial charge on any atom is 0.146 e. The van der Waals surface area contributed by atoms with Gasteiger partial charge in [-0.05, 0) is 77.5 Å². The normalized spacial score (nSPS) is 12.2. The van der Waals surface area contributed by atoms with Crippen molar-refractivity contribution < 1.29 is 0 Å². The summed E-state index contributed by atoms with van der Waals surface area (Å²) in [6.07, 6.45) is 2.14. The highest BCUT2D eigenvalue weighted by Crippen LogP contribution is 2.51. The van der Waals surface area contributed by atoms with Gasteiger partial charge < -0.3 is 14.2 Å². The molecule has 0 atom stereocenters. The molecule has 5 nitrogen and oxygen atoms in total. The van der Waals surface area contributed by atoms with Gasteiger partial charge in [-0.25, -0.2) is 4.98 Å². The van der Waals surface area contributed by atoms with E-state index in [2.05, 4.69) is 231 Å². The number of aromatic nitrogens is 3. The fourth-order valence-corrected chi connectivity index (χ4v) is 10.7. The molecule has 62 heavy (non-hydrogen) atoms. The van der Waals surface area contributed by atoms with Crippen molar-refractivity contribution in [1.29, 1.82) is 0 Å². The van der Waals surface area contributed by atoms with Crippen LogP contribution in [0, 0.1) is 0 Å². The zero-order valence-electron chi connectivity index (χ0n) is 33.4. The van der Waals surface area contributed by atoms with Crippen LogP contribution in [0.5, 0.6) is 0 Å². The lowest BCUT2D eigenvalue weighted by Gasteiger charge is -2.26. The highest BCUT2D eigenvalue weighted by atomic mass is 15.2. The third-order valence-corrected chi connectivity index (χ3v) is 13.1. The molecule has 0 amide bonds. The molecule has 0 aliphatic rings. The second kappa shape index (κ2) is 12.6. The van der Waals surface area contributed by atoms with Crippen LogP contribution in [0.4, 0.5) is 34.1 Å². The van der Waals surface area contributed by atoms with Crippen molar-refractivity contribution in [2.24, 2.45) is 0 Å². The first-order valence-corrected chi connectivity index (χ1v) is 21.2. The van der Waals surface area contributed by atoms with Crippen LogP contribution in [0.2, 0.25) is 0 Å². The Kier molecular flexibility index (Phi) is 6.77. The molecule has 14 aromatic rings. The van der Waals surface area contributed by atoms with Gasteiger partial charge in [0.25, 0.3) is 0 Å². The molecule has 5 heteroatoms. The number of anilines is 6. The number of para-hydroxylation sites is 7. The fraction of sp³-hybridized carbons (Fsp3) is 0. The molecule has 0 spiro atoms. The number of hydrogen-bond donors (Lipinski definition) is 0. The first kappa shape index (κ1) is 33.4. The Morgan fingerprint density at radius 1 is 0.323 bits per heavy atom. The molecule has 0 fully saturated rings.